The molecule has 2 rings (SSSR count). The van der Waals surface area contributed by atoms with Crippen LogP contribution in [0.3, 0.4) is 0 Å². The molecule has 0 N–H and O–H groups in total. The lowest BCUT2D eigenvalue weighted by molar-refractivity contribution is -0.142. The van der Waals surface area contributed by atoms with E-state index in [1.807, 2.05) is 18.2 Å². The number of halogens is 3. The van der Waals surface area contributed by atoms with E-state index >= 15 is 0 Å². The van der Waals surface area contributed by atoms with Crippen molar-refractivity contribution < 1.29 is 21.6 Å². The Kier molecular flexibility index (Phi) is 4.90. The minimum atomic E-state index is -4.44. The first-order valence-electron chi connectivity index (χ1n) is 6.57. The minimum absolute atomic E-state index is 0.0467. The van der Waals surface area contributed by atoms with Crippen molar-refractivity contribution in [3.63, 3.8) is 0 Å². The highest BCUT2D eigenvalue weighted by atomic mass is 32.2. The molecule has 1 heterocycles. The van der Waals surface area contributed by atoms with E-state index in [4.69, 9.17) is 0 Å². The summed E-state index contributed by atoms with van der Waals surface area (Å²) in [5.41, 5.74) is 0.917. The number of benzene rings is 1. The van der Waals surface area contributed by atoms with Gasteiger partial charge in [-0.25, -0.2) is 8.42 Å². The van der Waals surface area contributed by atoms with Gasteiger partial charge in [0.15, 0.2) is 9.84 Å². The van der Waals surface area contributed by atoms with E-state index in [-0.39, 0.29) is 11.4 Å². The summed E-state index contributed by atoms with van der Waals surface area (Å²) in [5.74, 6) is -0.565. The summed E-state index contributed by atoms with van der Waals surface area (Å²) in [4.78, 5) is 0. The zero-order valence-electron chi connectivity index (χ0n) is 11.6. The van der Waals surface area contributed by atoms with Crippen molar-refractivity contribution in [3.05, 3.63) is 53.9 Å². The van der Waals surface area contributed by atoms with Gasteiger partial charge < -0.3 is 0 Å². The third kappa shape index (κ3) is 5.18. The standard InChI is InChI=1S/C14H15F3N2O2S/c15-14(16,17)11-19-13(6-8-18-19)10-22(20,21)9-7-12-4-2-1-3-5-12/h1-6,8H,7,9-11H2. The zero-order chi connectivity index (χ0) is 16.2. The Morgan fingerprint density at radius 3 is 2.41 bits per heavy atom. The Morgan fingerprint density at radius 1 is 1.09 bits per heavy atom. The van der Waals surface area contributed by atoms with Gasteiger partial charge in [0.05, 0.1) is 17.2 Å². The number of alkyl halides is 3. The molecular weight excluding hydrogens is 317 g/mol. The van der Waals surface area contributed by atoms with E-state index < -0.39 is 28.3 Å². The fraction of sp³-hybridized carbons (Fsp3) is 0.357. The van der Waals surface area contributed by atoms with Gasteiger partial charge >= 0.3 is 6.18 Å². The summed E-state index contributed by atoms with van der Waals surface area (Å²) in [7, 11) is -3.51. The van der Waals surface area contributed by atoms with Crippen molar-refractivity contribution in [1.29, 1.82) is 0 Å². The summed E-state index contributed by atoms with van der Waals surface area (Å²) in [6.45, 7) is -1.29. The molecule has 2 aromatic rings. The molecule has 4 nitrogen and oxygen atoms in total. The van der Waals surface area contributed by atoms with Crippen molar-refractivity contribution in [2.45, 2.75) is 24.9 Å². The number of nitrogens with zero attached hydrogens (tertiary/aromatic N) is 2. The van der Waals surface area contributed by atoms with Gasteiger partial charge in [0.1, 0.15) is 6.54 Å². The Bertz CT molecular complexity index is 709. The Morgan fingerprint density at radius 2 is 1.77 bits per heavy atom. The molecule has 22 heavy (non-hydrogen) atoms. The molecule has 0 aliphatic carbocycles. The fourth-order valence-electron chi connectivity index (χ4n) is 2.01. The molecule has 0 unspecified atom stereocenters. The maximum Gasteiger partial charge on any atom is 0.408 e. The molecule has 0 atom stereocenters. The van der Waals surface area contributed by atoms with E-state index in [0.29, 0.717) is 11.1 Å². The summed E-state index contributed by atoms with van der Waals surface area (Å²) in [6, 6.07) is 10.4. The first kappa shape index (κ1) is 16.5. The average Bonchev–Trinajstić information content (AvgIpc) is 2.82. The lowest BCUT2D eigenvalue weighted by atomic mass is 10.2. The molecule has 120 valence electrons. The highest BCUT2D eigenvalue weighted by Crippen LogP contribution is 2.19. The van der Waals surface area contributed by atoms with Crippen LogP contribution in [0.25, 0.3) is 0 Å². The second-order valence-corrected chi connectivity index (χ2v) is 7.11. The quantitative estimate of drug-likeness (QED) is 0.817. The van der Waals surface area contributed by atoms with Crippen LogP contribution in [0.1, 0.15) is 11.3 Å². The van der Waals surface area contributed by atoms with Crippen LogP contribution in [0.15, 0.2) is 42.6 Å². The van der Waals surface area contributed by atoms with Crippen molar-refractivity contribution in [3.8, 4) is 0 Å². The summed E-state index contributed by atoms with van der Waals surface area (Å²) < 4.78 is 62.0. The summed E-state index contributed by atoms with van der Waals surface area (Å²) in [5, 5.41) is 3.54. The van der Waals surface area contributed by atoms with Crippen LogP contribution in [0.5, 0.6) is 0 Å². The van der Waals surface area contributed by atoms with Gasteiger partial charge in [-0.05, 0) is 18.1 Å². The average molecular weight is 332 g/mol. The molecule has 0 saturated heterocycles. The third-order valence-electron chi connectivity index (χ3n) is 3.05. The fourth-order valence-corrected chi connectivity index (χ4v) is 3.40. The zero-order valence-corrected chi connectivity index (χ0v) is 12.4. The molecule has 0 amide bonds. The first-order valence-corrected chi connectivity index (χ1v) is 8.39. The summed E-state index contributed by atoms with van der Waals surface area (Å²) in [6.07, 6.45) is -2.93. The number of aryl methyl sites for hydroxylation is 1. The van der Waals surface area contributed by atoms with Crippen molar-refractivity contribution in [2.75, 3.05) is 5.75 Å². The van der Waals surface area contributed by atoms with Crippen LogP contribution in [0.2, 0.25) is 0 Å². The van der Waals surface area contributed by atoms with Crippen LogP contribution in [0.4, 0.5) is 13.2 Å². The maximum atomic E-state index is 12.4. The molecule has 0 bridgehead atoms. The molecule has 0 spiro atoms. The Labute approximate surface area is 126 Å². The van der Waals surface area contributed by atoms with E-state index in [1.165, 1.54) is 12.3 Å². The third-order valence-corrected chi connectivity index (χ3v) is 4.61. The van der Waals surface area contributed by atoms with E-state index in [2.05, 4.69) is 5.10 Å². The normalized spacial score (nSPS) is 12.5. The second kappa shape index (κ2) is 6.51. The smallest absolute Gasteiger partial charge is 0.259 e. The molecule has 1 aromatic carbocycles. The number of rotatable bonds is 6. The molecule has 0 fully saturated rings. The van der Waals surface area contributed by atoms with E-state index in [1.54, 1.807) is 12.1 Å². The maximum absolute atomic E-state index is 12.4. The van der Waals surface area contributed by atoms with Crippen molar-refractivity contribution >= 4 is 9.84 Å². The van der Waals surface area contributed by atoms with E-state index in [9.17, 15) is 21.6 Å². The molecule has 0 aliphatic rings. The molecule has 8 heteroatoms. The van der Waals surface area contributed by atoms with Crippen LogP contribution in [-0.2, 0) is 28.6 Å². The highest BCUT2D eigenvalue weighted by Gasteiger charge is 2.30. The van der Waals surface area contributed by atoms with Crippen LogP contribution < -0.4 is 0 Å². The minimum Gasteiger partial charge on any atom is -0.259 e. The van der Waals surface area contributed by atoms with Crippen LogP contribution in [-0.4, -0.2) is 30.1 Å². The van der Waals surface area contributed by atoms with Gasteiger partial charge in [-0.15, -0.1) is 0 Å². The van der Waals surface area contributed by atoms with Gasteiger partial charge in [-0.2, -0.15) is 18.3 Å². The second-order valence-electron chi connectivity index (χ2n) is 4.92. The van der Waals surface area contributed by atoms with Gasteiger partial charge in [-0.3, -0.25) is 4.68 Å². The molecule has 0 saturated carbocycles. The highest BCUT2D eigenvalue weighted by molar-refractivity contribution is 7.90. The number of aromatic nitrogens is 2. The first-order chi connectivity index (χ1) is 10.3. The summed E-state index contributed by atoms with van der Waals surface area (Å²) >= 11 is 0. The molecule has 1 aromatic heterocycles. The van der Waals surface area contributed by atoms with Gasteiger partial charge in [0.2, 0.25) is 0 Å². The number of sulfone groups is 1. The van der Waals surface area contributed by atoms with Crippen molar-refractivity contribution in [1.82, 2.24) is 9.78 Å². The monoisotopic (exact) mass is 332 g/mol. The Balaban J connectivity index is 2.02. The predicted molar refractivity (Wildman–Crippen MR) is 75.9 cm³/mol. The number of hydrogen-bond donors (Lipinski definition) is 0. The Hall–Kier alpha value is -1.83. The predicted octanol–water partition coefficient (Wildman–Crippen LogP) is 2.60. The van der Waals surface area contributed by atoms with Gasteiger partial charge in [0, 0.05) is 6.20 Å². The molecule has 0 aliphatic heterocycles. The lowest BCUT2D eigenvalue weighted by Gasteiger charge is -2.10. The lowest BCUT2D eigenvalue weighted by Crippen LogP contribution is -2.22. The van der Waals surface area contributed by atoms with E-state index in [0.717, 1.165) is 5.56 Å². The van der Waals surface area contributed by atoms with Gasteiger partial charge in [-0.1, -0.05) is 30.3 Å². The molecule has 0 radical (unpaired) electrons. The van der Waals surface area contributed by atoms with Crippen LogP contribution >= 0.6 is 0 Å². The van der Waals surface area contributed by atoms with Gasteiger partial charge in [0.25, 0.3) is 0 Å². The molecular formula is C14H15F3N2O2S. The van der Waals surface area contributed by atoms with Crippen LogP contribution in [0, 0.1) is 0 Å². The van der Waals surface area contributed by atoms with Crippen molar-refractivity contribution in [2.24, 2.45) is 0 Å². The SMILES string of the molecule is O=S(=O)(CCc1ccccc1)Cc1ccnn1CC(F)(F)F. The topological polar surface area (TPSA) is 52.0 Å². The number of hydrogen-bond acceptors (Lipinski definition) is 3. The largest absolute Gasteiger partial charge is 0.408 e.